The van der Waals surface area contributed by atoms with E-state index < -0.39 is 11.9 Å². The second kappa shape index (κ2) is 5.77. The zero-order valence-corrected chi connectivity index (χ0v) is 13.3. The average molecular weight is 335 g/mol. The minimum Gasteiger partial charge on any atom is -0.478 e. The Kier molecular flexibility index (Phi) is 3.57. The summed E-state index contributed by atoms with van der Waals surface area (Å²) in [5, 5.41) is 22.2. The molecule has 0 amide bonds. The molecule has 126 valence electrons. The maximum Gasteiger partial charge on any atom is 0.336 e. The summed E-state index contributed by atoms with van der Waals surface area (Å²) >= 11 is 0. The number of carboxylic acids is 2. The molecule has 25 heavy (non-hydrogen) atoms. The van der Waals surface area contributed by atoms with Gasteiger partial charge in [0.25, 0.3) is 0 Å². The molecule has 4 rings (SSSR count). The van der Waals surface area contributed by atoms with E-state index in [0.717, 1.165) is 23.2 Å². The molecule has 1 heterocycles. The molecule has 0 aromatic heterocycles. The van der Waals surface area contributed by atoms with Gasteiger partial charge in [-0.3, -0.25) is 0 Å². The normalized spacial score (nSPS) is 23.4. The van der Waals surface area contributed by atoms with E-state index in [-0.39, 0.29) is 23.4 Å². The lowest BCUT2D eigenvalue weighted by Crippen LogP contribution is -2.30. The van der Waals surface area contributed by atoms with E-state index >= 15 is 0 Å². The lowest BCUT2D eigenvalue weighted by atomic mass is 9.76. The van der Waals surface area contributed by atoms with Crippen LogP contribution in [-0.4, -0.2) is 22.2 Å². The highest BCUT2D eigenvalue weighted by Crippen LogP contribution is 2.50. The summed E-state index contributed by atoms with van der Waals surface area (Å²) in [7, 11) is 0. The fraction of sp³-hybridized carbons (Fsp3) is 0.200. The molecule has 5 nitrogen and oxygen atoms in total. The molecule has 0 radical (unpaired) electrons. The Morgan fingerprint density at radius 2 is 1.80 bits per heavy atom. The number of aromatic carboxylic acids is 2. The third kappa shape index (κ3) is 2.48. The number of anilines is 1. The summed E-state index contributed by atoms with van der Waals surface area (Å²) in [5.41, 5.74) is 3.16. The number of carboxylic acid groups (broad SMARTS) is 2. The van der Waals surface area contributed by atoms with Gasteiger partial charge in [-0.05, 0) is 47.7 Å². The molecule has 0 unspecified atom stereocenters. The van der Waals surface area contributed by atoms with Crippen LogP contribution in [0.25, 0.3) is 0 Å². The van der Waals surface area contributed by atoms with Crippen LogP contribution >= 0.6 is 0 Å². The molecular formula is C20H17NO4. The van der Waals surface area contributed by atoms with Crippen molar-refractivity contribution in [3.63, 3.8) is 0 Å². The average Bonchev–Trinajstić information content (AvgIpc) is 3.10. The predicted octanol–water partition coefficient (Wildman–Crippen LogP) is 3.91. The molecule has 0 saturated carbocycles. The van der Waals surface area contributed by atoms with Crippen molar-refractivity contribution in [2.45, 2.75) is 18.4 Å². The third-order valence-electron chi connectivity index (χ3n) is 5.14. The highest BCUT2D eigenvalue weighted by molar-refractivity contribution is 5.90. The van der Waals surface area contributed by atoms with Crippen LogP contribution < -0.4 is 5.32 Å². The number of fused-ring (bicyclic) bond motifs is 3. The van der Waals surface area contributed by atoms with E-state index in [2.05, 4.69) is 17.5 Å². The van der Waals surface area contributed by atoms with Gasteiger partial charge in [0.15, 0.2) is 0 Å². The summed E-state index contributed by atoms with van der Waals surface area (Å²) < 4.78 is 0. The standard InChI is InChI=1S/C20H17NO4/c22-19(23)11-8-9-17-16(10-11)12-6-3-7-13(12)18(21-17)14-4-1-2-5-15(14)20(24)25/h1-6,8-10,12-13,18,21H,7H2,(H,22,23)(H,24,25)/t12-,13+,18+/m1/s1. The zero-order chi connectivity index (χ0) is 17.6. The van der Waals surface area contributed by atoms with E-state index in [1.165, 1.54) is 0 Å². The highest BCUT2D eigenvalue weighted by atomic mass is 16.4. The Bertz CT molecular complexity index is 902. The highest BCUT2D eigenvalue weighted by Gasteiger charge is 2.39. The molecule has 2 aromatic rings. The Morgan fingerprint density at radius 3 is 2.56 bits per heavy atom. The lowest BCUT2D eigenvalue weighted by molar-refractivity contribution is 0.0684. The van der Waals surface area contributed by atoms with Crippen LogP contribution in [0.3, 0.4) is 0 Å². The first-order chi connectivity index (χ1) is 12.1. The number of hydrogen-bond acceptors (Lipinski definition) is 3. The zero-order valence-electron chi connectivity index (χ0n) is 13.3. The van der Waals surface area contributed by atoms with E-state index in [1.54, 1.807) is 30.3 Å². The molecule has 0 spiro atoms. The Hall–Kier alpha value is -3.08. The quantitative estimate of drug-likeness (QED) is 0.740. The van der Waals surface area contributed by atoms with Crippen molar-refractivity contribution in [1.29, 1.82) is 0 Å². The molecule has 0 fully saturated rings. The molecule has 2 aliphatic rings. The second-order valence-electron chi connectivity index (χ2n) is 6.48. The minimum atomic E-state index is -0.945. The van der Waals surface area contributed by atoms with Crippen molar-refractivity contribution in [3.05, 3.63) is 76.9 Å². The summed E-state index contributed by atoms with van der Waals surface area (Å²) in [6.07, 6.45) is 5.02. The van der Waals surface area contributed by atoms with Gasteiger partial charge in [0.2, 0.25) is 0 Å². The first-order valence-electron chi connectivity index (χ1n) is 8.19. The molecule has 1 aliphatic heterocycles. The summed E-state index contributed by atoms with van der Waals surface area (Å²) in [6.45, 7) is 0. The monoisotopic (exact) mass is 335 g/mol. The van der Waals surface area contributed by atoms with Gasteiger partial charge >= 0.3 is 11.9 Å². The van der Waals surface area contributed by atoms with Crippen molar-refractivity contribution in [2.24, 2.45) is 5.92 Å². The number of nitrogens with one attached hydrogen (secondary N) is 1. The van der Waals surface area contributed by atoms with Crippen LogP contribution in [-0.2, 0) is 0 Å². The molecule has 3 N–H and O–H groups in total. The number of hydrogen-bond donors (Lipinski definition) is 3. The topological polar surface area (TPSA) is 86.6 Å². The molecule has 5 heteroatoms. The SMILES string of the molecule is O=C(O)c1ccc2c(c1)[C@@H]1C=CC[C@@H]1[C@@H](c1ccccc1C(=O)O)N2. The molecule has 0 bridgehead atoms. The Morgan fingerprint density at radius 1 is 1.00 bits per heavy atom. The third-order valence-corrected chi connectivity index (χ3v) is 5.14. The Labute approximate surface area is 144 Å². The Balaban J connectivity index is 1.81. The first-order valence-corrected chi connectivity index (χ1v) is 8.19. The number of allylic oxidation sites excluding steroid dienone is 2. The van der Waals surface area contributed by atoms with Crippen molar-refractivity contribution in [3.8, 4) is 0 Å². The van der Waals surface area contributed by atoms with Crippen LogP contribution in [0.2, 0.25) is 0 Å². The van der Waals surface area contributed by atoms with Gasteiger partial charge in [-0.15, -0.1) is 0 Å². The smallest absolute Gasteiger partial charge is 0.336 e. The minimum absolute atomic E-state index is 0.0856. The van der Waals surface area contributed by atoms with Crippen LogP contribution in [0.4, 0.5) is 5.69 Å². The fourth-order valence-corrected chi connectivity index (χ4v) is 4.00. The van der Waals surface area contributed by atoms with Gasteiger partial charge in [-0.1, -0.05) is 30.4 Å². The number of benzene rings is 2. The number of carbonyl (C=O) groups is 2. The van der Waals surface area contributed by atoms with E-state index in [4.69, 9.17) is 0 Å². The van der Waals surface area contributed by atoms with E-state index in [1.807, 2.05) is 12.1 Å². The molecule has 1 aliphatic carbocycles. The maximum atomic E-state index is 11.6. The van der Waals surface area contributed by atoms with Crippen LogP contribution in [0, 0.1) is 5.92 Å². The summed E-state index contributed by atoms with van der Waals surface area (Å²) in [6, 6.07) is 12.0. The van der Waals surface area contributed by atoms with Crippen molar-refractivity contribution in [1.82, 2.24) is 0 Å². The second-order valence-corrected chi connectivity index (χ2v) is 6.48. The van der Waals surface area contributed by atoms with Gasteiger partial charge in [-0.2, -0.15) is 0 Å². The van der Waals surface area contributed by atoms with Crippen molar-refractivity contribution < 1.29 is 19.8 Å². The largest absolute Gasteiger partial charge is 0.478 e. The van der Waals surface area contributed by atoms with Crippen molar-refractivity contribution in [2.75, 3.05) is 5.32 Å². The molecule has 3 atom stereocenters. The van der Waals surface area contributed by atoms with Crippen LogP contribution in [0.1, 0.15) is 50.2 Å². The fourth-order valence-electron chi connectivity index (χ4n) is 4.00. The van der Waals surface area contributed by atoms with Gasteiger partial charge < -0.3 is 15.5 Å². The molecule has 0 saturated heterocycles. The van der Waals surface area contributed by atoms with Crippen molar-refractivity contribution >= 4 is 17.6 Å². The van der Waals surface area contributed by atoms with Crippen LogP contribution in [0.15, 0.2) is 54.6 Å². The first kappa shape index (κ1) is 15.4. The van der Waals surface area contributed by atoms with E-state index in [0.29, 0.717) is 5.56 Å². The number of rotatable bonds is 3. The molecule has 2 aromatic carbocycles. The van der Waals surface area contributed by atoms with Gasteiger partial charge in [0.05, 0.1) is 17.2 Å². The van der Waals surface area contributed by atoms with Crippen LogP contribution in [0.5, 0.6) is 0 Å². The molecular weight excluding hydrogens is 318 g/mol. The summed E-state index contributed by atoms with van der Waals surface area (Å²) in [5.74, 6) is -1.63. The lowest BCUT2D eigenvalue weighted by Gasteiger charge is -2.38. The van der Waals surface area contributed by atoms with Gasteiger partial charge in [-0.25, -0.2) is 9.59 Å². The van der Waals surface area contributed by atoms with Gasteiger partial charge in [0, 0.05) is 11.6 Å². The predicted molar refractivity (Wildman–Crippen MR) is 93.2 cm³/mol. The van der Waals surface area contributed by atoms with E-state index in [9.17, 15) is 19.8 Å². The summed E-state index contributed by atoms with van der Waals surface area (Å²) in [4.78, 5) is 22.9. The maximum absolute atomic E-state index is 11.6. The van der Waals surface area contributed by atoms with Gasteiger partial charge in [0.1, 0.15) is 0 Å².